The average Bonchev–Trinajstić information content (AvgIpc) is 3.00. The molecule has 0 spiro atoms. The molecule has 0 unspecified atom stereocenters. The number of aryl methyl sites for hydroxylation is 3. The maximum absolute atomic E-state index is 12.6. The highest BCUT2D eigenvalue weighted by molar-refractivity contribution is 7.18. The number of fused-ring (bicyclic) bond motifs is 1. The van der Waals surface area contributed by atoms with Crippen molar-refractivity contribution in [2.45, 2.75) is 33.4 Å². The molecule has 0 saturated carbocycles. The first-order valence-corrected chi connectivity index (χ1v) is 10.2. The van der Waals surface area contributed by atoms with Crippen molar-refractivity contribution in [2.75, 3.05) is 6.61 Å². The van der Waals surface area contributed by atoms with Crippen LogP contribution in [0, 0.1) is 13.8 Å². The van der Waals surface area contributed by atoms with E-state index in [-0.39, 0.29) is 25.1 Å². The van der Waals surface area contributed by atoms with Crippen LogP contribution in [-0.2, 0) is 27.4 Å². The molecule has 3 aromatic rings. The molecule has 3 rings (SSSR count). The lowest BCUT2D eigenvalue weighted by atomic mass is 10.2. The average molecular weight is 434 g/mol. The van der Waals surface area contributed by atoms with Gasteiger partial charge in [0.2, 0.25) is 0 Å². The molecule has 29 heavy (non-hydrogen) atoms. The highest BCUT2D eigenvalue weighted by Gasteiger charge is 2.13. The SMILES string of the molecule is Cc1sc2ncn(CCC(=O)OCC(=O)NCc3ccc(Cl)cc3)c(=O)c2c1C. The second-order valence-corrected chi connectivity index (χ2v) is 8.16. The summed E-state index contributed by atoms with van der Waals surface area (Å²) in [6.07, 6.45) is 1.41. The Morgan fingerprint density at radius 2 is 1.97 bits per heavy atom. The molecular weight excluding hydrogens is 414 g/mol. The Labute approximate surface area is 176 Å². The van der Waals surface area contributed by atoms with E-state index in [1.54, 1.807) is 24.3 Å². The number of rotatable bonds is 7. The Morgan fingerprint density at radius 1 is 1.24 bits per heavy atom. The van der Waals surface area contributed by atoms with Crippen LogP contribution in [-0.4, -0.2) is 28.0 Å². The number of thiophene rings is 1. The summed E-state index contributed by atoms with van der Waals surface area (Å²) in [6.45, 7) is 3.91. The van der Waals surface area contributed by atoms with Gasteiger partial charge in [-0.3, -0.25) is 19.0 Å². The molecule has 2 heterocycles. The zero-order valence-corrected chi connectivity index (χ0v) is 17.6. The summed E-state index contributed by atoms with van der Waals surface area (Å²) in [6, 6.07) is 7.06. The van der Waals surface area contributed by atoms with E-state index in [9.17, 15) is 14.4 Å². The van der Waals surface area contributed by atoms with Crippen molar-refractivity contribution in [3.63, 3.8) is 0 Å². The number of carbonyl (C=O) groups excluding carboxylic acids is 2. The van der Waals surface area contributed by atoms with E-state index in [1.165, 1.54) is 22.2 Å². The van der Waals surface area contributed by atoms with Gasteiger partial charge in [-0.1, -0.05) is 23.7 Å². The van der Waals surface area contributed by atoms with E-state index < -0.39 is 11.9 Å². The van der Waals surface area contributed by atoms with Gasteiger partial charge in [0.05, 0.1) is 18.1 Å². The number of nitrogens with zero attached hydrogens (tertiary/aromatic N) is 2. The first-order chi connectivity index (χ1) is 13.8. The summed E-state index contributed by atoms with van der Waals surface area (Å²) < 4.78 is 6.37. The van der Waals surface area contributed by atoms with Gasteiger partial charge in [0.1, 0.15) is 4.83 Å². The highest BCUT2D eigenvalue weighted by Crippen LogP contribution is 2.25. The fourth-order valence-electron chi connectivity index (χ4n) is 2.71. The van der Waals surface area contributed by atoms with Gasteiger partial charge in [0.15, 0.2) is 6.61 Å². The van der Waals surface area contributed by atoms with Crippen LogP contribution < -0.4 is 10.9 Å². The fourth-order valence-corrected chi connectivity index (χ4v) is 3.83. The highest BCUT2D eigenvalue weighted by atomic mass is 35.5. The number of halogens is 1. The van der Waals surface area contributed by atoms with Gasteiger partial charge in [0.25, 0.3) is 11.5 Å². The quantitative estimate of drug-likeness (QED) is 0.578. The van der Waals surface area contributed by atoms with Crippen molar-refractivity contribution in [2.24, 2.45) is 0 Å². The summed E-state index contributed by atoms with van der Waals surface area (Å²) in [4.78, 5) is 42.4. The van der Waals surface area contributed by atoms with Gasteiger partial charge in [-0.25, -0.2) is 4.98 Å². The lowest BCUT2D eigenvalue weighted by Crippen LogP contribution is -2.29. The Kier molecular flexibility index (Phi) is 6.66. The van der Waals surface area contributed by atoms with E-state index in [4.69, 9.17) is 16.3 Å². The van der Waals surface area contributed by atoms with E-state index >= 15 is 0 Å². The first kappa shape index (κ1) is 21.0. The summed E-state index contributed by atoms with van der Waals surface area (Å²) in [5, 5.41) is 3.87. The summed E-state index contributed by atoms with van der Waals surface area (Å²) in [7, 11) is 0. The fraction of sp³-hybridized carbons (Fsp3) is 0.300. The van der Waals surface area contributed by atoms with Crippen molar-refractivity contribution in [1.82, 2.24) is 14.9 Å². The van der Waals surface area contributed by atoms with Crippen LogP contribution in [0.3, 0.4) is 0 Å². The molecule has 1 amide bonds. The van der Waals surface area contributed by atoms with Crippen LogP contribution >= 0.6 is 22.9 Å². The molecule has 0 saturated heterocycles. The standard InChI is InChI=1S/C20H20ClN3O4S/c1-12-13(2)29-19-18(12)20(27)24(11-23-19)8-7-17(26)28-10-16(25)22-9-14-3-5-15(21)6-4-14/h3-6,11H,7-10H2,1-2H3,(H,22,25). The molecule has 2 aromatic heterocycles. The molecule has 0 aliphatic carbocycles. The molecule has 7 nitrogen and oxygen atoms in total. The van der Waals surface area contributed by atoms with E-state index in [0.29, 0.717) is 21.8 Å². The lowest BCUT2D eigenvalue weighted by molar-refractivity contribution is -0.148. The van der Waals surface area contributed by atoms with Crippen molar-refractivity contribution < 1.29 is 14.3 Å². The smallest absolute Gasteiger partial charge is 0.308 e. The maximum Gasteiger partial charge on any atom is 0.308 e. The largest absolute Gasteiger partial charge is 0.456 e. The molecule has 0 atom stereocenters. The van der Waals surface area contributed by atoms with Crippen molar-refractivity contribution in [1.29, 1.82) is 0 Å². The predicted molar refractivity (Wildman–Crippen MR) is 112 cm³/mol. The molecule has 0 aliphatic rings. The Bertz CT molecular complexity index is 1110. The zero-order chi connectivity index (χ0) is 21.0. The summed E-state index contributed by atoms with van der Waals surface area (Å²) in [5.41, 5.74) is 1.62. The second-order valence-electron chi connectivity index (χ2n) is 6.52. The van der Waals surface area contributed by atoms with Crippen LogP contribution in [0.4, 0.5) is 0 Å². The molecular formula is C20H20ClN3O4S. The Morgan fingerprint density at radius 3 is 2.69 bits per heavy atom. The Hall–Kier alpha value is -2.71. The van der Waals surface area contributed by atoms with Gasteiger partial charge >= 0.3 is 5.97 Å². The van der Waals surface area contributed by atoms with Gasteiger partial charge in [-0.05, 0) is 37.1 Å². The minimum atomic E-state index is -0.558. The minimum Gasteiger partial charge on any atom is -0.456 e. The molecule has 9 heteroatoms. The topological polar surface area (TPSA) is 90.3 Å². The van der Waals surface area contributed by atoms with Crippen molar-refractivity contribution in [3.8, 4) is 0 Å². The van der Waals surface area contributed by atoms with Gasteiger partial charge in [0, 0.05) is 23.0 Å². The van der Waals surface area contributed by atoms with Gasteiger partial charge < -0.3 is 10.1 Å². The van der Waals surface area contributed by atoms with E-state index in [1.807, 2.05) is 13.8 Å². The second kappa shape index (κ2) is 9.19. The monoisotopic (exact) mass is 433 g/mol. The number of amides is 1. The molecule has 1 N–H and O–H groups in total. The number of aromatic nitrogens is 2. The third kappa shape index (κ3) is 5.21. The number of hydrogen-bond donors (Lipinski definition) is 1. The predicted octanol–water partition coefficient (Wildman–Crippen LogP) is 2.98. The maximum atomic E-state index is 12.6. The van der Waals surface area contributed by atoms with Crippen LogP contribution in [0.25, 0.3) is 10.2 Å². The van der Waals surface area contributed by atoms with Crippen LogP contribution in [0.1, 0.15) is 22.4 Å². The molecule has 152 valence electrons. The molecule has 0 fully saturated rings. The third-order valence-electron chi connectivity index (χ3n) is 4.48. The van der Waals surface area contributed by atoms with E-state index in [2.05, 4.69) is 10.3 Å². The summed E-state index contributed by atoms with van der Waals surface area (Å²) in [5.74, 6) is -0.963. The van der Waals surface area contributed by atoms with Crippen LogP contribution in [0.2, 0.25) is 5.02 Å². The van der Waals surface area contributed by atoms with Gasteiger partial charge in [-0.2, -0.15) is 0 Å². The molecule has 0 aliphatic heterocycles. The van der Waals surface area contributed by atoms with Crippen LogP contribution in [0.5, 0.6) is 0 Å². The number of esters is 1. The van der Waals surface area contributed by atoms with Crippen molar-refractivity contribution >= 4 is 45.0 Å². The molecule has 0 radical (unpaired) electrons. The van der Waals surface area contributed by atoms with Crippen molar-refractivity contribution in [3.05, 3.63) is 62.0 Å². The first-order valence-electron chi connectivity index (χ1n) is 8.97. The number of nitrogens with one attached hydrogen (secondary N) is 1. The lowest BCUT2D eigenvalue weighted by Gasteiger charge is -2.08. The number of ether oxygens (including phenoxy) is 1. The number of carbonyl (C=O) groups is 2. The molecule has 1 aromatic carbocycles. The Balaban J connectivity index is 1.47. The normalized spacial score (nSPS) is 10.9. The molecule has 0 bridgehead atoms. The third-order valence-corrected chi connectivity index (χ3v) is 5.85. The number of benzene rings is 1. The summed E-state index contributed by atoms with van der Waals surface area (Å²) >= 11 is 7.28. The zero-order valence-electron chi connectivity index (χ0n) is 16.0. The number of hydrogen-bond acceptors (Lipinski definition) is 6. The minimum absolute atomic E-state index is 0.0281. The van der Waals surface area contributed by atoms with E-state index in [0.717, 1.165) is 16.0 Å². The van der Waals surface area contributed by atoms with Gasteiger partial charge in [-0.15, -0.1) is 11.3 Å². The van der Waals surface area contributed by atoms with Crippen LogP contribution in [0.15, 0.2) is 35.4 Å².